The van der Waals surface area contributed by atoms with E-state index in [0.717, 1.165) is 24.9 Å². The van der Waals surface area contributed by atoms with Crippen LogP contribution in [0.2, 0.25) is 0 Å². The molecule has 0 unspecified atom stereocenters. The average Bonchev–Trinajstić information content (AvgIpc) is 2.60. The molecule has 0 aliphatic carbocycles. The maximum absolute atomic E-state index is 11.9. The van der Waals surface area contributed by atoms with E-state index >= 15 is 0 Å². The minimum atomic E-state index is -0.137. The lowest BCUT2D eigenvalue weighted by Crippen LogP contribution is -2.24. The topological polar surface area (TPSA) is 66.9 Å². The van der Waals surface area contributed by atoms with Crippen LogP contribution < -0.4 is 10.6 Å². The average molecular weight is 312 g/mol. The first kappa shape index (κ1) is 16.9. The second-order valence-corrected chi connectivity index (χ2v) is 5.33. The number of nitrogens with one attached hydrogen (secondary N) is 2. The SMILES string of the molecule is CCCNC(=O)c1cnc(Nc2c(CC)cccc2CC)nc1. The number of benzene rings is 1. The maximum atomic E-state index is 11.9. The summed E-state index contributed by atoms with van der Waals surface area (Å²) in [5.74, 6) is 0.370. The Morgan fingerprint density at radius 2 is 1.65 bits per heavy atom. The van der Waals surface area contributed by atoms with Gasteiger partial charge in [-0.3, -0.25) is 4.79 Å². The molecule has 2 N–H and O–H groups in total. The molecule has 0 fully saturated rings. The number of hydrogen-bond acceptors (Lipinski definition) is 4. The molecule has 1 amide bonds. The molecule has 0 radical (unpaired) electrons. The lowest BCUT2D eigenvalue weighted by atomic mass is 10.0. The van der Waals surface area contributed by atoms with Gasteiger partial charge in [-0.25, -0.2) is 9.97 Å². The summed E-state index contributed by atoms with van der Waals surface area (Å²) < 4.78 is 0. The molecule has 0 aliphatic rings. The molecule has 23 heavy (non-hydrogen) atoms. The van der Waals surface area contributed by atoms with Crippen molar-refractivity contribution in [3.63, 3.8) is 0 Å². The third-order valence-corrected chi connectivity index (χ3v) is 3.69. The standard InChI is InChI=1S/C18H24N4O/c1-4-10-19-17(23)15-11-20-18(21-12-15)22-16-13(5-2)8-7-9-14(16)6-3/h7-9,11-12H,4-6,10H2,1-3H3,(H,19,23)(H,20,21,22). The van der Waals surface area contributed by atoms with Crippen LogP contribution in [0.5, 0.6) is 0 Å². The minimum Gasteiger partial charge on any atom is -0.352 e. The number of para-hydroxylation sites is 1. The van der Waals surface area contributed by atoms with Gasteiger partial charge in [0, 0.05) is 24.6 Å². The second kappa shape index (κ2) is 8.27. The zero-order valence-corrected chi connectivity index (χ0v) is 14.0. The summed E-state index contributed by atoms with van der Waals surface area (Å²) in [6.45, 7) is 6.92. The van der Waals surface area contributed by atoms with Gasteiger partial charge >= 0.3 is 0 Å². The molecule has 0 bridgehead atoms. The Morgan fingerprint density at radius 3 is 2.17 bits per heavy atom. The van der Waals surface area contributed by atoms with Gasteiger partial charge in [-0.15, -0.1) is 0 Å². The minimum absolute atomic E-state index is 0.137. The number of amides is 1. The van der Waals surface area contributed by atoms with Gasteiger partial charge < -0.3 is 10.6 Å². The maximum Gasteiger partial charge on any atom is 0.254 e. The van der Waals surface area contributed by atoms with Crippen molar-refractivity contribution < 1.29 is 4.79 Å². The number of aromatic nitrogens is 2. The van der Waals surface area contributed by atoms with E-state index < -0.39 is 0 Å². The van der Waals surface area contributed by atoms with Crippen molar-refractivity contribution in [2.75, 3.05) is 11.9 Å². The highest BCUT2D eigenvalue weighted by molar-refractivity contribution is 5.93. The molecule has 122 valence electrons. The lowest BCUT2D eigenvalue weighted by molar-refractivity contribution is 0.0953. The predicted octanol–water partition coefficient (Wildman–Crippen LogP) is 3.48. The van der Waals surface area contributed by atoms with Crippen molar-refractivity contribution in [1.29, 1.82) is 0 Å². The van der Waals surface area contributed by atoms with Crippen LogP contribution >= 0.6 is 0 Å². The van der Waals surface area contributed by atoms with Crippen molar-refractivity contribution in [2.24, 2.45) is 0 Å². The Bertz CT molecular complexity index is 630. The summed E-state index contributed by atoms with van der Waals surface area (Å²) in [4.78, 5) is 20.4. The Hall–Kier alpha value is -2.43. The molecule has 0 atom stereocenters. The van der Waals surface area contributed by atoms with Gasteiger partial charge in [-0.1, -0.05) is 39.0 Å². The third kappa shape index (κ3) is 4.28. The van der Waals surface area contributed by atoms with Crippen molar-refractivity contribution in [3.05, 3.63) is 47.3 Å². The van der Waals surface area contributed by atoms with Crippen LogP contribution in [0.25, 0.3) is 0 Å². The summed E-state index contributed by atoms with van der Waals surface area (Å²) in [5, 5.41) is 6.11. The van der Waals surface area contributed by atoms with Crippen LogP contribution in [0, 0.1) is 0 Å². The normalized spacial score (nSPS) is 10.4. The summed E-state index contributed by atoms with van der Waals surface area (Å²) >= 11 is 0. The van der Waals surface area contributed by atoms with E-state index in [9.17, 15) is 4.79 Å². The van der Waals surface area contributed by atoms with E-state index in [-0.39, 0.29) is 5.91 Å². The fourth-order valence-corrected chi connectivity index (χ4v) is 2.37. The molecular weight excluding hydrogens is 288 g/mol. The molecule has 5 heteroatoms. The monoisotopic (exact) mass is 312 g/mol. The Morgan fingerprint density at radius 1 is 1.04 bits per heavy atom. The molecule has 5 nitrogen and oxygen atoms in total. The molecule has 0 spiro atoms. The van der Waals surface area contributed by atoms with Crippen LogP contribution in [0.4, 0.5) is 11.6 Å². The highest BCUT2D eigenvalue weighted by Gasteiger charge is 2.09. The number of anilines is 2. The molecule has 0 aliphatic heterocycles. The summed E-state index contributed by atoms with van der Waals surface area (Å²) in [5.41, 5.74) is 4.01. The van der Waals surface area contributed by atoms with Crippen molar-refractivity contribution in [2.45, 2.75) is 40.0 Å². The summed E-state index contributed by atoms with van der Waals surface area (Å²) in [6, 6.07) is 6.28. The lowest BCUT2D eigenvalue weighted by Gasteiger charge is -2.14. The van der Waals surface area contributed by atoms with E-state index in [4.69, 9.17) is 0 Å². The van der Waals surface area contributed by atoms with Crippen molar-refractivity contribution in [1.82, 2.24) is 15.3 Å². The molecular formula is C18H24N4O. The van der Waals surface area contributed by atoms with Crippen molar-refractivity contribution in [3.8, 4) is 0 Å². The van der Waals surface area contributed by atoms with Gasteiger partial charge in [0.1, 0.15) is 0 Å². The first-order valence-electron chi connectivity index (χ1n) is 8.17. The number of carbonyl (C=O) groups is 1. The zero-order valence-electron chi connectivity index (χ0n) is 14.0. The molecule has 1 heterocycles. The van der Waals surface area contributed by atoms with E-state index in [1.807, 2.05) is 6.92 Å². The van der Waals surface area contributed by atoms with Gasteiger partial charge in [0.2, 0.25) is 5.95 Å². The smallest absolute Gasteiger partial charge is 0.254 e. The molecule has 0 saturated carbocycles. The van der Waals surface area contributed by atoms with Crippen LogP contribution in [-0.4, -0.2) is 22.4 Å². The summed E-state index contributed by atoms with van der Waals surface area (Å²) in [7, 11) is 0. The molecule has 2 aromatic rings. The first-order chi connectivity index (χ1) is 11.2. The van der Waals surface area contributed by atoms with Crippen LogP contribution in [0.3, 0.4) is 0 Å². The Labute approximate surface area is 137 Å². The summed E-state index contributed by atoms with van der Waals surface area (Å²) in [6.07, 6.45) is 5.89. The largest absolute Gasteiger partial charge is 0.352 e. The number of nitrogens with zero attached hydrogens (tertiary/aromatic N) is 2. The van der Waals surface area contributed by atoms with Crippen LogP contribution in [0.15, 0.2) is 30.6 Å². The van der Waals surface area contributed by atoms with Gasteiger partial charge in [-0.05, 0) is 30.4 Å². The second-order valence-electron chi connectivity index (χ2n) is 5.33. The van der Waals surface area contributed by atoms with E-state index in [2.05, 4.69) is 52.6 Å². The Kier molecular flexibility index (Phi) is 6.09. The van der Waals surface area contributed by atoms with Crippen LogP contribution in [-0.2, 0) is 12.8 Å². The molecule has 1 aromatic carbocycles. The number of rotatable bonds is 7. The molecule has 1 aromatic heterocycles. The van der Waals surface area contributed by atoms with Crippen LogP contribution in [0.1, 0.15) is 48.7 Å². The van der Waals surface area contributed by atoms with E-state index in [1.54, 1.807) is 12.4 Å². The highest BCUT2D eigenvalue weighted by Crippen LogP contribution is 2.24. The third-order valence-electron chi connectivity index (χ3n) is 3.69. The van der Waals surface area contributed by atoms with Gasteiger partial charge in [-0.2, -0.15) is 0 Å². The van der Waals surface area contributed by atoms with E-state index in [1.165, 1.54) is 11.1 Å². The Balaban J connectivity index is 2.17. The number of aryl methyl sites for hydroxylation is 2. The quantitative estimate of drug-likeness (QED) is 0.821. The molecule has 2 rings (SSSR count). The van der Waals surface area contributed by atoms with Gasteiger partial charge in [0.25, 0.3) is 5.91 Å². The van der Waals surface area contributed by atoms with Crippen molar-refractivity contribution >= 4 is 17.5 Å². The molecule has 0 saturated heterocycles. The number of hydrogen-bond donors (Lipinski definition) is 2. The predicted molar refractivity (Wildman–Crippen MR) is 93.1 cm³/mol. The fraction of sp³-hybridized carbons (Fsp3) is 0.389. The van der Waals surface area contributed by atoms with Gasteiger partial charge in [0.15, 0.2) is 0 Å². The fourth-order valence-electron chi connectivity index (χ4n) is 2.37. The van der Waals surface area contributed by atoms with Gasteiger partial charge in [0.05, 0.1) is 5.56 Å². The number of carbonyl (C=O) groups excluding carboxylic acids is 1. The van der Waals surface area contributed by atoms with E-state index in [0.29, 0.717) is 18.1 Å². The first-order valence-corrected chi connectivity index (χ1v) is 8.17. The zero-order chi connectivity index (χ0) is 16.7. The highest BCUT2D eigenvalue weighted by atomic mass is 16.1.